The van der Waals surface area contributed by atoms with Gasteiger partial charge in [0.25, 0.3) is 0 Å². The first-order chi connectivity index (χ1) is 4.72. The summed E-state index contributed by atoms with van der Waals surface area (Å²) in [6.45, 7) is 4.00. The summed E-state index contributed by atoms with van der Waals surface area (Å²) in [6, 6.07) is 0. The first-order valence-electron chi connectivity index (χ1n) is 3.95. The van der Waals surface area contributed by atoms with Gasteiger partial charge in [-0.05, 0) is 12.8 Å². The maximum absolute atomic E-state index is 10.4. The Hall–Kier alpha value is 1.07. The average molecular weight is 200 g/mol. The Bertz CT molecular complexity index is 106. The number of hydrogen-bond donors (Lipinski definition) is 1. The molecule has 68 valence electrons. The summed E-state index contributed by atoms with van der Waals surface area (Å²) in [7, 11) is 0. The van der Waals surface area contributed by atoms with Crippen molar-refractivity contribution in [1.82, 2.24) is 0 Å². The van der Waals surface area contributed by atoms with Crippen molar-refractivity contribution in [2.75, 3.05) is 0 Å². The summed E-state index contributed by atoms with van der Waals surface area (Å²) in [5.41, 5.74) is 0. The number of hydrogen-bond acceptors (Lipinski definition) is 2. The molecule has 12 heavy (non-hydrogen) atoms. The fourth-order valence-corrected chi connectivity index (χ4v) is 0.953. The topological polar surface area (TPSA) is 67.3 Å². The van der Waals surface area contributed by atoms with Crippen molar-refractivity contribution >= 4 is 5.97 Å². The van der Waals surface area contributed by atoms with Crippen LogP contribution in [0.1, 0.15) is 39.5 Å². The summed E-state index contributed by atoms with van der Waals surface area (Å²) in [4.78, 5) is 10.4. The van der Waals surface area contributed by atoms with Crippen LogP contribution < -0.4 is 51.4 Å². The summed E-state index contributed by atoms with van der Waals surface area (Å²) >= 11 is 0. The van der Waals surface area contributed by atoms with E-state index in [-0.39, 0.29) is 62.8 Å². The van der Waals surface area contributed by atoms with E-state index < -0.39 is 5.97 Å². The second kappa shape index (κ2) is 12.1. The van der Waals surface area contributed by atoms with Crippen molar-refractivity contribution in [1.29, 1.82) is 0 Å². The number of carbonyl (C=O) groups is 1. The van der Waals surface area contributed by atoms with Gasteiger partial charge in [-0.25, -0.2) is 0 Å². The zero-order valence-electron chi connectivity index (χ0n) is 8.21. The Balaban J connectivity index is -0.000000405. The third-order valence-electron chi connectivity index (χ3n) is 1.75. The molecule has 0 radical (unpaired) electrons. The predicted octanol–water partition coefficient (Wildman–Crippen LogP) is -0.885. The number of unbranched alkanes of at least 4 members (excludes halogenated alkanes) is 1. The molecule has 0 rings (SSSR count). The van der Waals surface area contributed by atoms with Gasteiger partial charge in [0.1, 0.15) is 0 Å². The Morgan fingerprint density at radius 2 is 1.92 bits per heavy atom. The smallest absolute Gasteiger partial charge is 0.870 e. The van der Waals surface area contributed by atoms with Gasteiger partial charge >= 0.3 is 57.4 Å². The van der Waals surface area contributed by atoms with Crippen LogP contribution in [0.15, 0.2) is 0 Å². The SMILES string of the molecule is CCCCC(CC)C(=O)O.[K+].[OH-]. The van der Waals surface area contributed by atoms with E-state index in [1.54, 1.807) is 0 Å². The summed E-state index contributed by atoms with van der Waals surface area (Å²) < 4.78 is 0. The van der Waals surface area contributed by atoms with E-state index in [0.29, 0.717) is 0 Å². The molecule has 1 unspecified atom stereocenters. The Kier molecular flexibility index (Phi) is 18.9. The van der Waals surface area contributed by atoms with Gasteiger partial charge in [-0.15, -0.1) is 0 Å². The van der Waals surface area contributed by atoms with Crippen LogP contribution in [-0.4, -0.2) is 16.6 Å². The fraction of sp³-hybridized carbons (Fsp3) is 0.875. The molecule has 0 aromatic heterocycles. The molecule has 1 atom stereocenters. The number of rotatable bonds is 5. The molecule has 0 spiro atoms. The van der Waals surface area contributed by atoms with Gasteiger partial charge in [-0.2, -0.15) is 0 Å². The van der Waals surface area contributed by atoms with Gasteiger partial charge in [0.05, 0.1) is 5.92 Å². The molecule has 0 saturated carbocycles. The molecule has 0 aliphatic carbocycles. The molecule has 0 aliphatic heterocycles. The van der Waals surface area contributed by atoms with Crippen molar-refractivity contribution < 1.29 is 66.8 Å². The Labute approximate surface area is 117 Å². The van der Waals surface area contributed by atoms with Gasteiger partial charge in [-0.3, -0.25) is 4.79 Å². The third kappa shape index (κ3) is 9.16. The van der Waals surface area contributed by atoms with E-state index in [1.165, 1.54) is 0 Å². The molecule has 3 nitrogen and oxygen atoms in total. The minimum Gasteiger partial charge on any atom is -0.870 e. The molecule has 0 aliphatic rings. The van der Waals surface area contributed by atoms with Crippen molar-refractivity contribution in [2.24, 2.45) is 5.92 Å². The third-order valence-corrected chi connectivity index (χ3v) is 1.75. The molecule has 4 heteroatoms. The van der Waals surface area contributed by atoms with Crippen LogP contribution in [0.4, 0.5) is 0 Å². The molecule has 0 bridgehead atoms. The Morgan fingerprint density at radius 3 is 2.17 bits per heavy atom. The molecule has 2 N–H and O–H groups in total. The van der Waals surface area contributed by atoms with Crippen molar-refractivity contribution in [3.05, 3.63) is 0 Å². The summed E-state index contributed by atoms with van der Waals surface area (Å²) in [6.07, 6.45) is 3.71. The quantitative estimate of drug-likeness (QED) is 0.586. The number of carboxylic acid groups (broad SMARTS) is 1. The van der Waals surface area contributed by atoms with Gasteiger partial charge in [0.2, 0.25) is 0 Å². The van der Waals surface area contributed by atoms with Crippen LogP contribution in [0.5, 0.6) is 0 Å². The van der Waals surface area contributed by atoms with E-state index in [4.69, 9.17) is 5.11 Å². The first-order valence-corrected chi connectivity index (χ1v) is 3.95. The molecule has 0 fully saturated rings. The van der Waals surface area contributed by atoms with Crippen molar-refractivity contribution in [3.63, 3.8) is 0 Å². The van der Waals surface area contributed by atoms with Gasteiger partial charge in [-0.1, -0.05) is 26.7 Å². The molecular weight excluding hydrogens is 183 g/mol. The monoisotopic (exact) mass is 200 g/mol. The predicted molar refractivity (Wildman–Crippen MR) is 42.9 cm³/mol. The molecular formula is C8H17KO3. The molecule has 0 amide bonds. The number of aliphatic carboxylic acids is 1. The minimum absolute atomic E-state index is 0. The van der Waals surface area contributed by atoms with Crippen LogP contribution in [-0.2, 0) is 4.79 Å². The van der Waals surface area contributed by atoms with Gasteiger partial charge < -0.3 is 10.6 Å². The molecule has 0 aromatic rings. The van der Waals surface area contributed by atoms with Crippen molar-refractivity contribution in [3.8, 4) is 0 Å². The van der Waals surface area contributed by atoms with E-state index in [2.05, 4.69) is 6.92 Å². The maximum Gasteiger partial charge on any atom is 1.00 e. The molecule has 0 aromatic carbocycles. The van der Waals surface area contributed by atoms with Gasteiger partial charge in [0, 0.05) is 0 Å². The summed E-state index contributed by atoms with van der Waals surface area (Å²) in [5.74, 6) is -0.754. The minimum atomic E-state index is -0.643. The Morgan fingerprint density at radius 1 is 1.42 bits per heavy atom. The second-order valence-corrected chi connectivity index (χ2v) is 2.59. The average Bonchev–Trinajstić information content (AvgIpc) is 1.89. The largest absolute Gasteiger partial charge is 1.00 e. The van der Waals surface area contributed by atoms with Crippen LogP contribution in [0.3, 0.4) is 0 Å². The maximum atomic E-state index is 10.4. The van der Waals surface area contributed by atoms with E-state index in [1.807, 2.05) is 6.92 Å². The second-order valence-electron chi connectivity index (χ2n) is 2.59. The summed E-state index contributed by atoms with van der Waals surface area (Å²) in [5, 5.41) is 8.60. The zero-order chi connectivity index (χ0) is 7.98. The standard InChI is InChI=1S/C8H16O2.K.H2O/c1-3-5-6-7(4-2)8(9)10;;/h7H,3-6H2,1-2H3,(H,9,10);;1H2/q;+1;/p-1. The van der Waals surface area contributed by atoms with Gasteiger partial charge in [0.15, 0.2) is 0 Å². The van der Waals surface area contributed by atoms with Crippen molar-refractivity contribution in [2.45, 2.75) is 39.5 Å². The van der Waals surface area contributed by atoms with E-state index in [9.17, 15) is 4.79 Å². The van der Waals surface area contributed by atoms with Crippen LogP contribution in [0.25, 0.3) is 0 Å². The van der Waals surface area contributed by atoms with E-state index in [0.717, 1.165) is 25.7 Å². The number of carboxylic acids is 1. The molecule has 0 saturated heterocycles. The normalized spacial score (nSPS) is 10.8. The van der Waals surface area contributed by atoms with Crippen LogP contribution in [0, 0.1) is 5.92 Å². The molecule has 0 heterocycles. The van der Waals surface area contributed by atoms with Crippen LogP contribution in [0.2, 0.25) is 0 Å². The fourth-order valence-electron chi connectivity index (χ4n) is 0.953. The zero-order valence-corrected chi connectivity index (χ0v) is 11.3. The van der Waals surface area contributed by atoms with Crippen LogP contribution >= 0.6 is 0 Å². The van der Waals surface area contributed by atoms with E-state index >= 15 is 0 Å². The first kappa shape index (κ1) is 18.8.